The molecule has 194 valence electrons. The van der Waals surface area contributed by atoms with Gasteiger partial charge in [0.2, 0.25) is 0 Å². The van der Waals surface area contributed by atoms with Crippen LogP contribution in [-0.2, 0) is 4.79 Å². The summed E-state index contributed by atoms with van der Waals surface area (Å²) in [5, 5.41) is 0. The average Bonchev–Trinajstić information content (AvgIpc) is 2.82. The van der Waals surface area contributed by atoms with E-state index < -0.39 is 0 Å². The van der Waals surface area contributed by atoms with Crippen LogP contribution in [0.3, 0.4) is 0 Å². The Morgan fingerprint density at radius 2 is 0.970 bits per heavy atom. The minimum absolute atomic E-state index is 0.401. The first-order valence-corrected chi connectivity index (χ1v) is 15.7. The molecule has 0 aliphatic heterocycles. The van der Waals surface area contributed by atoms with Crippen molar-refractivity contribution in [3.63, 3.8) is 0 Å². The van der Waals surface area contributed by atoms with Gasteiger partial charge < -0.3 is 0 Å². The Hall–Kier alpha value is -0.330. The quantitative estimate of drug-likeness (QED) is 0.165. The van der Waals surface area contributed by atoms with E-state index in [1.165, 1.54) is 161 Å². The van der Waals surface area contributed by atoms with Gasteiger partial charge in [0.15, 0.2) is 0 Å². The summed E-state index contributed by atoms with van der Waals surface area (Å²) < 4.78 is 0. The highest BCUT2D eigenvalue weighted by atomic mass is 16.1. The number of ketones is 1. The highest BCUT2D eigenvalue weighted by Gasteiger charge is 2.36. The van der Waals surface area contributed by atoms with Crippen molar-refractivity contribution in [1.82, 2.24) is 0 Å². The zero-order valence-electron chi connectivity index (χ0n) is 22.9. The fourth-order valence-corrected chi connectivity index (χ4v) is 6.95. The second-order valence-electron chi connectivity index (χ2n) is 12.1. The third-order valence-electron chi connectivity index (χ3n) is 9.26. The van der Waals surface area contributed by atoms with Gasteiger partial charge in [-0.1, -0.05) is 135 Å². The molecule has 0 aromatic carbocycles. The van der Waals surface area contributed by atoms with Gasteiger partial charge in [-0.05, 0) is 56.8 Å². The molecule has 2 rings (SSSR count). The van der Waals surface area contributed by atoms with Crippen molar-refractivity contribution < 1.29 is 4.79 Å². The number of unbranched alkanes of at least 4 members (excludes halogenated alkanes) is 17. The fraction of sp³-hybridized carbons (Fsp3) is 0.969. The normalized spacial score (nSPS) is 25.2. The minimum atomic E-state index is 0.401. The molecule has 33 heavy (non-hydrogen) atoms. The molecular weight excluding hydrogens is 400 g/mol. The average molecular weight is 461 g/mol. The molecule has 0 radical (unpaired) electrons. The highest BCUT2D eigenvalue weighted by Crippen LogP contribution is 2.46. The van der Waals surface area contributed by atoms with E-state index in [-0.39, 0.29) is 0 Å². The molecule has 0 saturated heterocycles. The Morgan fingerprint density at radius 3 is 1.45 bits per heavy atom. The number of hydrogen-bond acceptors (Lipinski definition) is 1. The van der Waals surface area contributed by atoms with Crippen LogP contribution in [0, 0.1) is 23.7 Å². The molecule has 4 unspecified atom stereocenters. The minimum Gasteiger partial charge on any atom is -0.300 e. The summed E-state index contributed by atoms with van der Waals surface area (Å²) in [4.78, 5) is 11.7. The zero-order chi connectivity index (χ0) is 23.6. The number of fused-ring (bicyclic) bond motifs is 1. The molecule has 0 aromatic heterocycles. The fourth-order valence-electron chi connectivity index (χ4n) is 6.95. The van der Waals surface area contributed by atoms with Gasteiger partial charge in [0.05, 0.1) is 0 Å². The van der Waals surface area contributed by atoms with Crippen molar-refractivity contribution in [1.29, 1.82) is 0 Å². The number of carbonyl (C=O) groups is 1. The maximum atomic E-state index is 11.7. The lowest BCUT2D eigenvalue weighted by Crippen LogP contribution is -2.33. The van der Waals surface area contributed by atoms with Gasteiger partial charge in [-0.2, -0.15) is 0 Å². The molecule has 0 spiro atoms. The van der Waals surface area contributed by atoms with Crippen LogP contribution in [-0.4, -0.2) is 5.78 Å². The Morgan fingerprint density at radius 1 is 0.545 bits per heavy atom. The smallest absolute Gasteiger partial charge is 0.132 e. The molecule has 4 atom stereocenters. The highest BCUT2D eigenvalue weighted by molar-refractivity contribution is 5.78. The molecule has 2 aliphatic carbocycles. The van der Waals surface area contributed by atoms with Crippen molar-refractivity contribution in [3.8, 4) is 0 Å². The van der Waals surface area contributed by atoms with Crippen LogP contribution in [0.5, 0.6) is 0 Å². The maximum absolute atomic E-state index is 11.7. The third-order valence-corrected chi connectivity index (χ3v) is 9.26. The van der Waals surface area contributed by atoms with Gasteiger partial charge in [0, 0.05) is 5.92 Å². The van der Waals surface area contributed by atoms with Crippen molar-refractivity contribution in [2.75, 3.05) is 0 Å². The predicted octanol–water partition coefficient (Wildman–Crippen LogP) is 10.8. The molecule has 2 saturated carbocycles. The monoisotopic (exact) mass is 460 g/mol. The lowest BCUT2D eigenvalue weighted by Gasteiger charge is -2.41. The van der Waals surface area contributed by atoms with Crippen LogP contribution in [0.4, 0.5) is 0 Å². The molecule has 1 nitrogen and oxygen atoms in total. The maximum Gasteiger partial charge on any atom is 0.132 e. The second kappa shape index (κ2) is 18.9. The largest absolute Gasteiger partial charge is 0.300 e. The van der Waals surface area contributed by atoms with Crippen LogP contribution in [0.25, 0.3) is 0 Å². The van der Waals surface area contributed by atoms with E-state index in [1.807, 2.05) is 6.92 Å². The standard InChI is InChI=1S/C32H60O/c1-3-4-5-6-7-8-9-10-11-12-13-14-15-16-17-18-19-20-21-29-22-23-32-27-30(28(2)33)24-25-31(32)26-29/h29-32H,3-27H2,1-2H3. The third kappa shape index (κ3) is 13.4. The Balaban J connectivity index is 1.29. The van der Waals surface area contributed by atoms with Crippen LogP contribution in [0.15, 0.2) is 0 Å². The first-order chi connectivity index (χ1) is 16.2. The summed E-state index contributed by atoms with van der Waals surface area (Å²) in [6.45, 7) is 4.12. The van der Waals surface area contributed by atoms with Crippen molar-refractivity contribution in [2.24, 2.45) is 23.7 Å². The van der Waals surface area contributed by atoms with Gasteiger partial charge >= 0.3 is 0 Å². The lowest BCUT2D eigenvalue weighted by molar-refractivity contribution is -0.123. The van der Waals surface area contributed by atoms with E-state index in [2.05, 4.69) is 6.92 Å². The molecule has 0 amide bonds. The van der Waals surface area contributed by atoms with Crippen LogP contribution >= 0.6 is 0 Å². The molecular formula is C32H60O. The van der Waals surface area contributed by atoms with Gasteiger partial charge in [0.25, 0.3) is 0 Å². The van der Waals surface area contributed by atoms with E-state index in [0.717, 1.165) is 17.8 Å². The van der Waals surface area contributed by atoms with Gasteiger partial charge in [-0.25, -0.2) is 0 Å². The summed E-state index contributed by atoms with van der Waals surface area (Å²) >= 11 is 0. The summed E-state index contributed by atoms with van der Waals surface area (Å²) in [7, 11) is 0. The van der Waals surface area contributed by atoms with Gasteiger partial charge in [-0.3, -0.25) is 4.79 Å². The molecule has 2 aliphatic rings. The number of rotatable bonds is 20. The van der Waals surface area contributed by atoms with E-state index in [4.69, 9.17) is 0 Å². The molecule has 0 N–H and O–H groups in total. The van der Waals surface area contributed by atoms with Gasteiger partial charge in [-0.15, -0.1) is 0 Å². The van der Waals surface area contributed by atoms with E-state index in [9.17, 15) is 4.79 Å². The Kier molecular flexibility index (Phi) is 16.6. The lowest BCUT2D eigenvalue weighted by atomic mass is 9.64. The Labute approximate surface area is 208 Å². The van der Waals surface area contributed by atoms with Crippen LogP contribution in [0.1, 0.15) is 174 Å². The SMILES string of the molecule is CCCCCCCCCCCCCCCCCCCCC1CCC2CC(C(C)=O)CCC2C1. The summed E-state index contributed by atoms with van der Waals surface area (Å²) in [5.41, 5.74) is 0. The molecule has 0 heterocycles. The van der Waals surface area contributed by atoms with Gasteiger partial charge in [0.1, 0.15) is 5.78 Å². The van der Waals surface area contributed by atoms with Crippen molar-refractivity contribution in [2.45, 2.75) is 174 Å². The molecule has 0 aromatic rings. The topological polar surface area (TPSA) is 17.1 Å². The van der Waals surface area contributed by atoms with Crippen molar-refractivity contribution >= 4 is 5.78 Å². The Bertz CT molecular complexity index is 469. The zero-order valence-corrected chi connectivity index (χ0v) is 22.9. The van der Waals surface area contributed by atoms with Crippen LogP contribution in [0.2, 0.25) is 0 Å². The molecule has 1 heteroatoms. The molecule has 0 bridgehead atoms. The first-order valence-electron chi connectivity index (χ1n) is 15.7. The number of hydrogen-bond donors (Lipinski definition) is 0. The number of carbonyl (C=O) groups excluding carboxylic acids is 1. The second-order valence-corrected chi connectivity index (χ2v) is 12.1. The summed E-state index contributed by atoms with van der Waals surface area (Å²) in [5.74, 6) is 3.69. The van der Waals surface area contributed by atoms with E-state index in [1.54, 1.807) is 0 Å². The first kappa shape index (κ1) is 28.9. The van der Waals surface area contributed by atoms with Crippen LogP contribution < -0.4 is 0 Å². The summed E-state index contributed by atoms with van der Waals surface area (Å²) in [6, 6.07) is 0. The van der Waals surface area contributed by atoms with E-state index >= 15 is 0 Å². The molecule has 2 fully saturated rings. The van der Waals surface area contributed by atoms with Crippen molar-refractivity contribution in [3.05, 3.63) is 0 Å². The number of Topliss-reactive ketones (excluding diaryl/α,β-unsaturated/α-hetero) is 1. The van der Waals surface area contributed by atoms with E-state index in [0.29, 0.717) is 11.7 Å². The predicted molar refractivity (Wildman–Crippen MR) is 146 cm³/mol. The summed E-state index contributed by atoms with van der Waals surface area (Å²) in [6.07, 6.45) is 36.0.